The summed E-state index contributed by atoms with van der Waals surface area (Å²) in [5.41, 5.74) is 1.58. The van der Waals surface area contributed by atoms with Gasteiger partial charge in [-0.25, -0.2) is 0 Å². The van der Waals surface area contributed by atoms with Crippen LogP contribution in [0.15, 0.2) is 36.5 Å². The molecule has 2 unspecified atom stereocenters. The number of hydrogen-bond acceptors (Lipinski definition) is 3. The normalized spacial score (nSPS) is 22.0. The van der Waals surface area contributed by atoms with Crippen molar-refractivity contribution < 1.29 is 14.7 Å². The van der Waals surface area contributed by atoms with Crippen molar-refractivity contribution in [1.29, 1.82) is 0 Å². The van der Waals surface area contributed by atoms with Crippen molar-refractivity contribution in [2.24, 2.45) is 5.92 Å². The van der Waals surface area contributed by atoms with E-state index < -0.39 is 17.9 Å². The number of aliphatic carboxylic acids is 1. The Hall–Kier alpha value is -2.43. The van der Waals surface area contributed by atoms with Crippen molar-refractivity contribution in [3.8, 4) is 0 Å². The number of carboxylic acid groups (broad SMARTS) is 1. The first kappa shape index (κ1) is 13.5. The average Bonchev–Trinajstić information content (AvgIpc) is 2.83. The Morgan fingerprint density at radius 3 is 2.86 bits per heavy atom. The van der Waals surface area contributed by atoms with Gasteiger partial charge in [-0.1, -0.05) is 24.3 Å². The lowest BCUT2D eigenvalue weighted by Crippen LogP contribution is -2.30. The summed E-state index contributed by atoms with van der Waals surface area (Å²) in [5.74, 6) is -1.76. The first-order valence-electron chi connectivity index (χ1n) is 6.99. The van der Waals surface area contributed by atoms with E-state index in [4.69, 9.17) is 0 Å². The van der Waals surface area contributed by atoms with Crippen LogP contribution in [0.25, 0.3) is 10.9 Å². The van der Waals surface area contributed by atoms with Crippen molar-refractivity contribution >= 4 is 22.8 Å². The van der Waals surface area contributed by atoms with E-state index in [1.165, 1.54) is 0 Å². The minimum absolute atomic E-state index is 0.0526. The number of aromatic nitrogens is 1. The number of pyridine rings is 1. The fourth-order valence-electron chi connectivity index (χ4n) is 3.14. The summed E-state index contributed by atoms with van der Waals surface area (Å²) in [4.78, 5) is 29.6. The molecule has 21 heavy (non-hydrogen) atoms. The number of amides is 1. The Morgan fingerprint density at radius 1 is 1.38 bits per heavy atom. The molecule has 1 aliphatic heterocycles. The number of likely N-dealkylation sites (tertiary alicyclic amines) is 1. The lowest BCUT2D eigenvalue weighted by Gasteiger charge is -2.26. The average molecular weight is 284 g/mol. The standard InChI is InChI=1S/C16H16N2O3/c1-2-18-13(19)9-12(16(20)21)15(18)11-7-3-5-10-6-4-8-17-14(10)11/h3-8,12,15H,2,9H2,1H3,(H,20,21). The Morgan fingerprint density at radius 2 is 2.14 bits per heavy atom. The molecule has 2 atom stereocenters. The smallest absolute Gasteiger partial charge is 0.309 e. The molecule has 1 saturated heterocycles. The highest BCUT2D eigenvalue weighted by Gasteiger charge is 2.44. The molecule has 0 saturated carbocycles. The molecule has 1 aromatic heterocycles. The topological polar surface area (TPSA) is 70.5 Å². The SMILES string of the molecule is CCN1C(=O)CC(C(=O)O)C1c1cccc2cccnc12. The van der Waals surface area contributed by atoms with Gasteiger partial charge in [-0.3, -0.25) is 14.6 Å². The Kier molecular flexibility index (Phi) is 3.33. The number of nitrogens with zero attached hydrogens (tertiary/aromatic N) is 2. The van der Waals surface area contributed by atoms with Crippen LogP contribution in [0.4, 0.5) is 0 Å². The number of benzene rings is 1. The van der Waals surface area contributed by atoms with E-state index in [0.29, 0.717) is 6.54 Å². The third-order valence-corrected chi connectivity index (χ3v) is 4.07. The summed E-state index contributed by atoms with van der Waals surface area (Å²) >= 11 is 0. The lowest BCUT2D eigenvalue weighted by atomic mass is 9.92. The molecule has 2 aromatic rings. The van der Waals surface area contributed by atoms with Crippen molar-refractivity contribution in [3.05, 3.63) is 42.1 Å². The monoisotopic (exact) mass is 284 g/mol. The van der Waals surface area contributed by atoms with E-state index in [9.17, 15) is 14.7 Å². The predicted octanol–water partition coefficient (Wildman–Crippen LogP) is 2.23. The molecule has 5 heteroatoms. The molecule has 1 aromatic carbocycles. The predicted molar refractivity (Wildman–Crippen MR) is 77.6 cm³/mol. The molecule has 1 N–H and O–H groups in total. The van der Waals surface area contributed by atoms with Gasteiger partial charge in [-0.2, -0.15) is 0 Å². The quantitative estimate of drug-likeness (QED) is 0.938. The number of carbonyl (C=O) groups is 2. The van der Waals surface area contributed by atoms with E-state index >= 15 is 0 Å². The van der Waals surface area contributed by atoms with E-state index in [2.05, 4.69) is 4.98 Å². The zero-order valence-corrected chi connectivity index (χ0v) is 11.7. The van der Waals surface area contributed by atoms with E-state index in [-0.39, 0.29) is 12.3 Å². The van der Waals surface area contributed by atoms with Crippen molar-refractivity contribution in [3.63, 3.8) is 0 Å². The van der Waals surface area contributed by atoms with Gasteiger partial charge in [0.25, 0.3) is 0 Å². The number of carboxylic acids is 1. The maximum absolute atomic E-state index is 12.1. The van der Waals surface area contributed by atoms with Crippen LogP contribution in [0.1, 0.15) is 24.9 Å². The fraction of sp³-hybridized carbons (Fsp3) is 0.312. The molecular weight excluding hydrogens is 268 g/mol. The number of rotatable bonds is 3. The Labute approximate surface area is 122 Å². The fourth-order valence-corrected chi connectivity index (χ4v) is 3.14. The second kappa shape index (κ2) is 5.16. The highest BCUT2D eigenvalue weighted by Crippen LogP contribution is 2.40. The van der Waals surface area contributed by atoms with Gasteiger partial charge in [0, 0.05) is 30.1 Å². The van der Waals surface area contributed by atoms with Crippen LogP contribution < -0.4 is 0 Å². The highest BCUT2D eigenvalue weighted by molar-refractivity contribution is 5.90. The van der Waals surface area contributed by atoms with E-state index in [1.807, 2.05) is 37.3 Å². The third-order valence-electron chi connectivity index (χ3n) is 4.07. The Balaban J connectivity index is 2.18. The van der Waals surface area contributed by atoms with Crippen LogP contribution in [0.3, 0.4) is 0 Å². The molecule has 108 valence electrons. The van der Waals surface area contributed by atoms with Gasteiger partial charge < -0.3 is 10.0 Å². The zero-order chi connectivity index (χ0) is 15.0. The first-order valence-corrected chi connectivity index (χ1v) is 6.99. The van der Waals surface area contributed by atoms with Crippen LogP contribution in [0.2, 0.25) is 0 Å². The van der Waals surface area contributed by atoms with Crippen LogP contribution in [0.5, 0.6) is 0 Å². The van der Waals surface area contributed by atoms with E-state index in [0.717, 1.165) is 16.5 Å². The maximum atomic E-state index is 12.1. The van der Waals surface area contributed by atoms with Crippen LogP contribution in [-0.2, 0) is 9.59 Å². The summed E-state index contributed by atoms with van der Waals surface area (Å²) in [5, 5.41) is 10.4. The van der Waals surface area contributed by atoms with Gasteiger partial charge in [0.1, 0.15) is 0 Å². The molecule has 0 spiro atoms. The summed E-state index contributed by atoms with van der Waals surface area (Å²) in [6.07, 6.45) is 1.74. The van der Waals surface area contributed by atoms with Gasteiger partial charge in [-0.05, 0) is 13.0 Å². The van der Waals surface area contributed by atoms with Crippen molar-refractivity contribution in [2.75, 3.05) is 6.54 Å². The molecule has 1 amide bonds. The van der Waals surface area contributed by atoms with Crippen molar-refractivity contribution in [1.82, 2.24) is 9.88 Å². The summed E-state index contributed by atoms with van der Waals surface area (Å²) < 4.78 is 0. The second-order valence-corrected chi connectivity index (χ2v) is 5.20. The second-order valence-electron chi connectivity index (χ2n) is 5.20. The van der Waals surface area contributed by atoms with Gasteiger partial charge in [0.05, 0.1) is 17.5 Å². The molecule has 0 radical (unpaired) electrons. The Bertz CT molecular complexity index is 708. The minimum Gasteiger partial charge on any atom is -0.481 e. The number of hydrogen-bond donors (Lipinski definition) is 1. The first-order chi connectivity index (χ1) is 10.1. The molecular formula is C16H16N2O3. The van der Waals surface area contributed by atoms with Gasteiger partial charge >= 0.3 is 5.97 Å². The largest absolute Gasteiger partial charge is 0.481 e. The van der Waals surface area contributed by atoms with Crippen LogP contribution in [0, 0.1) is 5.92 Å². The molecule has 1 fully saturated rings. The highest BCUT2D eigenvalue weighted by atomic mass is 16.4. The van der Waals surface area contributed by atoms with Gasteiger partial charge in [0.15, 0.2) is 0 Å². The van der Waals surface area contributed by atoms with Gasteiger partial charge in [-0.15, -0.1) is 0 Å². The maximum Gasteiger partial charge on any atom is 0.309 e. The zero-order valence-electron chi connectivity index (χ0n) is 11.7. The summed E-state index contributed by atoms with van der Waals surface area (Å²) in [6, 6.07) is 9.03. The minimum atomic E-state index is -0.933. The molecule has 2 heterocycles. The molecule has 0 bridgehead atoms. The molecule has 1 aliphatic rings. The number of para-hydroxylation sites is 1. The number of carbonyl (C=O) groups excluding carboxylic acids is 1. The summed E-state index contributed by atoms with van der Waals surface area (Å²) in [7, 11) is 0. The summed E-state index contributed by atoms with van der Waals surface area (Å²) in [6.45, 7) is 2.37. The number of fused-ring (bicyclic) bond motifs is 1. The lowest BCUT2D eigenvalue weighted by molar-refractivity contribution is -0.142. The van der Waals surface area contributed by atoms with Crippen molar-refractivity contribution in [2.45, 2.75) is 19.4 Å². The molecule has 5 nitrogen and oxygen atoms in total. The van der Waals surface area contributed by atoms with Gasteiger partial charge in [0.2, 0.25) is 5.91 Å². The molecule has 0 aliphatic carbocycles. The third kappa shape index (κ3) is 2.14. The van der Waals surface area contributed by atoms with E-state index in [1.54, 1.807) is 11.1 Å². The molecule has 3 rings (SSSR count). The van der Waals surface area contributed by atoms with Crippen LogP contribution in [-0.4, -0.2) is 33.4 Å². The van der Waals surface area contributed by atoms with Crippen LogP contribution >= 0.6 is 0 Å².